The predicted octanol–water partition coefficient (Wildman–Crippen LogP) is 3.58. The summed E-state index contributed by atoms with van der Waals surface area (Å²) in [6.07, 6.45) is -0.127. The van der Waals surface area contributed by atoms with E-state index in [-0.39, 0.29) is 6.10 Å². The fraction of sp³-hybridized carbons (Fsp3) is 0.238. The molecule has 0 aliphatic carbocycles. The van der Waals surface area contributed by atoms with E-state index in [0.717, 1.165) is 22.6 Å². The zero-order valence-electron chi connectivity index (χ0n) is 16.1. The van der Waals surface area contributed by atoms with E-state index < -0.39 is 0 Å². The lowest BCUT2D eigenvalue weighted by Crippen LogP contribution is -2.22. The van der Waals surface area contributed by atoms with Gasteiger partial charge in [0.05, 0.1) is 26.0 Å². The van der Waals surface area contributed by atoms with Gasteiger partial charge in [-0.2, -0.15) is 4.98 Å². The molecule has 4 aromatic rings. The van der Waals surface area contributed by atoms with E-state index in [0.29, 0.717) is 30.6 Å². The summed E-state index contributed by atoms with van der Waals surface area (Å²) in [5.74, 6) is 1.66. The molecule has 29 heavy (non-hydrogen) atoms. The van der Waals surface area contributed by atoms with Gasteiger partial charge in [-0.25, -0.2) is 4.68 Å². The molecule has 1 atom stereocenters. The minimum absolute atomic E-state index is 0.127. The number of aromatic nitrogens is 5. The van der Waals surface area contributed by atoms with Gasteiger partial charge in [-0.15, -0.1) is 5.10 Å². The summed E-state index contributed by atoms with van der Waals surface area (Å²) in [7, 11) is 1.65. The molecule has 0 radical (unpaired) electrons. The van der Waals surface area contributed by atoms with Crippen LogP contribution in [0.1, 0.15) is 22.9 Å². The highest BCUT2D eigenvalue weighted by Gasteiger charge is 2.28. The average molecular weight is 389 g/mol. The lowest BCUT2D eigenvalue weighted by molar-refractivity contribution is -0.00127. The molecule has 0 fully saturated rings. The van der Waals surface area contributed by atoms with Crippen LogP contribution in [0.3, 0.4) is 0 Å². The topological polar surface area (TPSA) is 88.1 Å². The van der Waals surface area contributed by atoms with Gasteiger partial charge in [0, 0.05) is 5.56 Å². The maximum Gasteiger partial charge on any atom is 0.280 e. The van der Waals surface area contributed by atoms with E-state index in [1.807, 2.05) is 60.1 Å². The predicted molar refractivity (Wildman–Crippen MR) is 104 cm³/mol. The smallest absolute Gasteiger partial charge is 0.280 e. The molecule has 1 aliphatic heterocycles. The van der Waals surface area contributed by atoms with E-state index in [1.165, 1.54) is 5.56 Å². The highest BCUT2D eigenvalue weighted by atomic mass is 16.5. The monoisotopic (exact) mass is 389 g/mol. The molecule has 0 spiro atoms. The standard InChI is InChI=1S/C21H19N5O3/c1-13-6-8-14(9-7-13)20-22-21(29-24-20)19-17-12-28-18(11-26(17)25-23-19)15-4-3-5-16(10-15)27-2/h3-10,18H,11-12H2,1-2H3/t18-/m1/s1. The third-order valence-electron chi connectivity index (χ3n) is 5.00. The number of hydrogen-bond donors (Lipinski definition) is 0. The van der Waals surface area contributed by atoms with Crippen LogP contribution in [0.4, 0.5) is 0 Å². The summed E-state index contributed by atoms with van der Waals surface area (Å²) in [6.45, 7) is 2.94. The minimum atomic E-state index is -0.127. The molecule has 0 bridgehead atoms. The van der Waals surface area contributed by atoms with E-state index in [9.17, 15) is 0 Å². The van der Waals surface area contributed by atoms with Crippen LogP contribution in [0, 0.1) is 6.92 Å². The molecule has 5 rings (SSSR count). The zero-order valence-corrected chi connectivity index (χ0v) is 16.1. The van der Waals surface area contributed by atoms with Crippen LogP contribution in [-0.4, -0.2) is 32.2 Å². The first-order chi connectivity index (χ1) is 14.2. The Labute approximate surface area is 167 Å². The van der Waals surface area contributed by atoms with Gasteiger partial charge in [0.15, 0.2) is 5.69 Å². The summed E-state index contributed by atoms with van der Waals surface area (Å²) >= 11 is 0. The molecule has 0 N–H and O–H groups in total. The lowest BCUT2D eigenvalue weighted by atomic mass is 10.1. The van der Waals surface area contributed by atoms with Gasteiger partial charge < -0.3 is 14.0 Å². The first-order valence-corrected chi connectivity index (χ1v) is 9.30. The van der Waals surface area contributed by atoms with Crippen molar-refractivity contribution in [3.8, 4) is 28.7 Å². The van der Waals surface area contributed by atoms with Gasteiger partial charge in [0.25, 0.3) is 5.89 Å². The van der Waals surface area contributed by atoms with Crippen molar-refractivity contribution in [3.05, 3.63) is 65.4 Å². The first kappa shape index (κ1) is 17.6. The molecule has 0 saturated carbocycles. The molecule has 0 saturated heterocycles. The molecule has 146 valence electrons. The van der Waals surface area contributed by atoms with Crippen LogP contribution in [-0.2, 0) is 17.9 Å². The molecule has 2 aromatic heterocycles. The summed E-state index contributed by atoms with van der Waals surface area (Å²) in [5.41, 5.74) is 4.48. The maximum atomic E-state index is 6.07. The van der Waals surface area contributed by atoms with Crippen LogP contribution >= 0.6 is 0 Å². The van der Waals surface area contributed by atoms with Crippen LogP contribution in [0.25, 0.3) is 23.0 Å². The van der Waals surface area contributed by atoms with Crippen molar-refractivity contribution in [1.29, 1.82) is 0 Å². The van der Waals surface area contributed by atoms with Gasteiger partial charge >= 0.3 is 0 Å². The quantitative estimate of drug-likeness (QED) is 0.527. The fourth-order valence-electron chi connectivity index (χ4n) is 3.36. The third kappa shape index (κ3) is 3.27. The lowest BCUT2D eigenvalue weighted by Gasteiger charge is -2.24. The molecule has 8 heteroatoms. The highest BCUT2D eigenvalue weighted by Crippen LogP contribution is 2.32. The number of aryl methyl sites for hydroxylation is 1. The summed E-state index contributed by atoms with van der Waals surface area (Å²) in [4.78, 5) is 4.49. The Morgan fingerprint density at radius 3 is 2.83 bits per heavy atom. The molecule has 0 unspecified atom stereocenters. The number of benzene rings is 2. The molecule has 1 aliphatic rings. The van der Waals surface area contributed by atoms with Crippen LogP contribution < -0.4 is 4.74 Å². The Balaban J connectivity index is 1.40. The Bertz CT molecular complexity index is 1150. The Morgan fingerprint density at radius 2 is 2.00 bits per heavy atom. The van der Waals surface area contributed by atoms with Gasteiger partial charge in [0.1, 0.15) is 11.9 Å². The van der Waals surface area contributed by atoms with E-state index >= 15 is 0 Å². The number of methoxy groups -OCH3 is 1. The third-order valence-corrected chi connectivity index (χ3v) is 5.00. The number of nitrogens with zero attached hydrogens (tertiary/aromatic N) is 5. The van der Waals surface area contributed by atoms with Gasteiger partial charge in [-0.3, -0.25) is 0 Å². The molecular weight excluding hydrogens is 370 g/mol. The SMILES string of the molecule is COc1cccc([C@H]2Cn3nnc(-c4nc(-c5ccc(C)cc5)no4)c3CO2)c1. The second kappa shape index (κ2) is 7.14. The number of ether oxygens (including phenoxy) is 2. The van der Waals surface area contributed by atoms with Gasteiger partial charge in [0.2, 0.25) is 5.82 Å². The van der Waals surface area contributed by atoms with Gasteiger partial charge in [-0.05, 0) is 24.6 Å². The molecule has 8 nitrogen and oxygen atoms in total. The molecule has 0 amide bonds. The number of hydrogen-bond acceptors (Lipinski definition) is 7. The first-order valence-electron chi connectivity index (χ1n) is 9.30. The van der Waals surface area contributed by atoms with Crippen molar-refractivity contribution < 1.29 is 14.0 Å². The second-order valence-corrected chi connectivity index (χ2v) is 6.93. The summed E-state index contributed by atoms with van der Waals surface area (Å²) in [6, 6.07) is 15.8. The minimum Gasteiger partial charge on any atom is -0.497 e. The van der Waals surface area contributed by atoms with Crippen molar-refractivity contribution in [2.24, 2.45) is 0 Å². The Hall–Kier alpha value is -3.52. The summed E-state index contributed by atoms with van der Waals surface area (Å²) < 4.78 is 18.7. The van der Waals surface area contributed by atoms with E-state index in [2.05, 4.69) is 20.5 Å². The van der Waals surface area contributed by atoms with E-state index in [1.54, 1.807) is 7.11 Å². The zero-order chi connectivity index (χ0) is 19.8. The Morgan fingerprint density at radius 1 is 1.14 bits per heavy atom. The highest BCUT2D eigenvalue weighted by molar-refractivity contribution is 5.59. The van der Waals surface area contributed by atoms with Crippen LogP contribution in [0.5, 0.6) is 5.75 Å². The van der Waals surface area contributed by atoms with Crippen LogP contribution in [0.2, 0.25) is 0 Å². The van der Waals surface area contributed by atoms with Crippen molar-refractivity contribution >= 4 is 0 Å². The van der Waals surface area contributed by atoms with Crippen molar-refractivity contribution in [2.75, 3.05) is 7.11 Å². The number of rotatable bonds is 4. The average Bonchev–Trinajstić information content (AvgIpc) is 3.41. The largest absolute Gasteiger partial charge is 0.497 e. The van der Waals surface area contributed by atoms with E-state index in [4.69, 9.17) is 14.0 Å². The maximum absolute atomic E-state index is 6.07. The van der Waals surface area contributed by atoms with Gasteiger partial charge in [-0.1, -0.05) is 52.3 Å². The molecular formula is C21H19N5O3. The van der Waals surface area contributed by atoms with Crippen LogP contribution in [0.15, 0.2) is 53.1 Å². The van der Waals surface area contributed by atoms with Crippen molar-refractivity contribution in [2.45, 2.75) is 26.2 Å². The second-order valence-electron chi connectivity index (χ2n) is 6.93. The molecule has 3 heterocycles. The summed E-state index contributed by atoms with van der Waals surface area (Å²) in [5, 5.41) is 12.6. The van der Waals surface area contributed by atoms with Crippen molar-refractivity contribution in [3.63, 3.8) is 0 Å². The fourth-order valence-corrected chi connectivity index (χ4v) is 3.36. The Kier molecular flexibility index (Phi) is 4.33. The van der Waals surface area contributed by atoms with Crippen molar-refractivity contribution in [1.82, 2.24) is 25.1 Å². The normalized spacial score (nSPS) is 15.9. The molecule has 2 aromatic carbocycles. The number of fused-ring (bicyclic) bond motifs is 1.